The van der Waals surface area contributed by atoms with Gasteiger partial charge in [-0.05, 0) is 58.9 Å². The van der Waals surface area contributed by atoms with E-state index in [2.05, 4.69) is 43.3 Å². The molecule has 0 atom stereocenters. The monoisotopic (exact) mass is 425 g/mol. The number of hydrogen-bond donors (Lipinski definition) is 1. The van der Waals surface area contributed by atoms with Crippen LogP contribution in [0.5, 0.6) is 0 Å². The topological polar surface area (TPSA) is 56.1 Å². The first-order valence-corrected chi connectivity index (χ1v) is 10.4. The van der Waals surface area contributed by atoms with E-state index in [9.17, 15) is 4.79 Å². The van der Waals surface area contributed by atoms with Crippen molar-refractivity contribution >= 4 is 17.6 Å². The second kappa shape index (κ2) is 9.02. The third kappa shape index (κ3) is 5.10. The van der Waals surface area contributed by atoms with E-state index in [1.54, 1.807) is 11.6 Å². The Hall–Kier alpha value is -2.63. The van der Waals surface area contributed by atoms with Gasteiger partial charge in [0.1, 0.15) is 0 Å². The summed E-state index contributed by atoms with van der Waals surface area (Å²) in [5, 5.41) is 8.82. The lowest BCUT2D eigenvalue weighted by atomic mass is 10.0. The lowest BCUT2D eigenvalue weighted by Gasteiger charge is -2.21. The van der Waals surface area contributed by atoms with Crippen molar-refractivity contribution in [2.24, 2.45) is 0 Å². The SMILES string of the molecule is CCOC(=O)c1nn(-c2ccc(Cl)cc2)c(-c2ccc(C)cc2)c1CNC(C)(C)C. The predicted molar refractivity (Wildman–Crippen MR) is 121 cm³/mol. The van der Waals surface area contributed by atoms with Gasteiger partial charge in [-0.1, -0.05) is 41.4 Å². The van der Waals surface area contributed by atoms with E-state index in [1.807, 2.05) is 43.3 Å². The van der Waals surface area contributed by atoms with Gasteiger partial charge >= 0.3 is 5.97 Å². The van der Waals surface area contributed by atoms with Crippen LogP contribution in [0.3, 0.4) is 0 Å². The number of carbonyl (C=O) groups is 1. The number of halogens is 1. The van der Waals surface area contributed by atoms with Crippen molar-refractivity contribution < 1.29 is 9.53 Å². The minimum atomic E-state index is -0.427. The number of hydrogen-bond acceptors (Lipinski definition) is 4. The molecule has 1 aromatic heterocycles. The van der Waals surface area contributed by atoms with E-state index in [-0.39, 0.29) is 5.54 Å². The standard InChI is InChI=1S/C24H28ClN3O2/c1-6-30-23(29)21-20(15-26-24(3,4)5)22(17-9-7-16(2)8-10-17)28(27-21)19-13-11-18(25)12-14-19/h7-14,26H,6,15H2,1-5H3. The van der Waals surface area contributed by atoms with Crippen LogP contribution in [0, 0.1) is 6.92 Å². The van der Waals surface area contributed by atoms with Gasteiger partial charge in [-0.25, -0.2) is 9.48 Å². The fourth-order valence-corrected chi connectivity index (χ4v) is 3.24. The summed E-state index contributed by atoms with van der Waals surface area (Å²) < 4.78 is 7.11. The first-order valence-electron chi connectivity index (χ1n) is 10.1. The quantitative estimate of drug-likeness (QED) is 0.525. The van der Waals surface area contributed by atoms with Gasteiger partial charge in [0.2, 0.25) is 0 Å². The molecule has 0 saturated heterocycles. The van der Waals surface area contributed by atoms with Crippen LogP contribution in [-0.4, -0.2) is 27.9 Å². The summed E-state index contributed by atoms with van der Waals surface area (Å²) in [5.74, 6) is -0.427. The Kier molecular flexibility index (Phi) is 6.64. The molecule has 0 aliphatic heterocycles. The number of benzene rings is 2. The van der Waals surface area contributed by atoms with E-state index in [4.69, 9.17) is 16.3 Å². The molecule has 2 aromatic carbocycles. The summed E-state index contributed by atoms with van der Waals surface area (Å²) in [7, 11) is 0. The zero-order valence-electron chi connectivity index (χ0n) is 18.1. The highest BCUT2D eigenvalue weighted by atomic mass is 35.5. The van der Waals surface area contributed by atoms with Crippen molar-refractivity contribution in [3.63, 3.8) is 0 Å². The zero-order chi connectivity index (χ0) is 21.9. The lowest BCUT2D eigenvalue weighted by Crippen LogP contribution is -2.35. The Balaban J connectivity index is 2.25. The summed E-state index contributed by atoms with van der Waals surface area (Å²) in [6.07, 6.45) is 0. The number of esters is 1. The second-order valence-corrected chi connectivity index (χ2v) is 8.69. The van der Waals surface area contributed by atoms with Crippen molar-refractivity contribution in [1.29, 1.82) is 0 Å². The van der Waals surface area contributed by atoms with Crippen LogP contribution in [0.15, 0.2) is 48.5 Å². The highest BCUT2D eigenvalue weighted by Crippen LogP contribution is 2.31. The van der Waals surface area contributed by atoms with Crippen LogP contribution in [0.2, 0.25) is 5.02 Å². The van der Waals surface area contributed by atoms with Gasteiger partial charge in [0.25, 0.3) is 0 Å². The van der Waals surface area contributed by atoms with Crippen molar-refractivity contribution in [2.75, 3.05) is 6.61 Å². The molecule has 1 heterocycles. The molecule has 0 radical (unpaired) electrons. The molecule has 5 nitrogen and oxygen atoms in total. The van der Waals surface area contributed by atoms with Crippen LogP contribution >= 0.6 is 11.6 Å². The number of ether oxygens (including phenoxy) is 1. The highest BCUT2D eigenvalue weighted by molar-refractivity contribution is 6.30. The average Bonchev–Trinajstić information content (AvgIpc) is 3.07. The normalized spacial score (nSPS) is 11.5. The molecule has 0 aliphatic rings. The average molecular weight is 426 g/mol. The molecule has 0 unspecified atom stereocenters. The Morgan fingerprint density at radius 2 is 1.73 bits per heavy atom. The molecule has 0 fully saturated rings. The zero-order valence-corrected chi connectivity index (χ0v) is 18.9. The van der Waals surface area contributed by atoms with Crippen LogP contribution in [0.1, 0.15) is 49.3 Å². The molecular formula is C24H28ClN3O2. The molecule has 30 heavy (non-hydrogen) atoms. The van der Waals surface area contributed by atoms with E-state index in [0.717, 1.165) is 28.1 Å². The molecule has 0 saturated carbocycles. The summed E-state index contributed by atoms with van der Waals surface area (Å²) >= 11 is 6.09. The van der Waals surface area contributed by atoms with E-state index in [1.165, 1.54) is 0 Å². The number of aromatic nitrogens is 2. The molecule has 0 spiro atoms. The van der Waals surface area contributed by atoms with Gasteiger partial charge in [0.15, 0.2) is 5.69 Å². The van der Waals surface area contributed by atoms with Gasteiger partial charge in [0, 0.05) is 28.2 Å². The molecule has 1 N–H and O–H groups in total. The molecule has 0 bridgehead atoms. The van der Waals surface area contributed by atoms with Gasteiger partial charge < -0.3 is 10.1 Å². The Bertz CT molecular complexity index is 1020. The number of carbonyl (C=O) groups excluding carboxylic acids is 1. The van der Waals surface area contributed by atoms with Gasteiger partial charge in [-0.3, -0.25) is 0 Å². The fourth-order valence-electron chi connectivity index (χ4n) is 3.11. The van der Waals surface area contributed by atoms with Gasteiger partial charge in [-0.15, -0.1) is 0 Å². The summed E-state index contributed by atoms with van der Waals surface area (Å²) in [5.41, 5.74) is 4.82. The molecule has 158 valence electrons. The predicted octanol–water partition coefficient (Wildman–Crippen LogP) is 5.57. The van der Waals surface area contributed by atoms with E-state index in [0.29, 0.717) is 23.9 Å². The molecule has 0 amide bonds. The Morgan fingerprint density at radius 1 is 1.10 bits per heavy atom. The van der Waals surface area contributed by atoms with Gasteiger partial charge in [-0.2, -0.15) is 5.10 Å². The molecule has 3 rings (SSSR count). The first kappa shape index (κ1) is 22.1. The lowest BCUT2D eigenvalue weighted by molar-refractivity contribution is 0.0517. The van der Waals surface area contributed by atoms with Crippen molar-refractivity contribution in [2.45, 2.75) is 46.7 Å². The number of nitrogens with one attached hydrogen (secondary N) is 1. The maximum Gasteiger partial charge on any atom is 0.359 e. The maximum atomic E-state index is 12.8. The molecular weight excluding hydrogens is 398 g/mol. The minimum Gasteiger partial charge on any atom is -0.461 e. The number of aryl methyl sites for hydroxylation is 1. The number of nitrogens with zero attached hydrogens (tertiary/aromatic N) is 2. The van der Waals surface area contributed by atoms with Crippen molar-refractivity contribution in [3.8, 4) is 16.9 Å². The Morgan fingerprint density at radius 3 is 2.30 bits per heavy atom. The summed E-state index contributed by atoms with van der Waals surface area (Å²) in [6.45, 7) is 10.9. The van der Waals surface area contributed by atoms with Crippen LogP contribution in [-0.2, 0) is 11.3 Å². The maximum absolute atomic E-state index is 12.8. The van der Waals surface area contributed by atoms with Crippen LogP contribution in [0.4, 0.5) is 0 Å². The van der Waals surface area contributed by atoms with Gasteiger partial charge in [0.05, 0.1) is 18.0 Å². The minimum absolute atomic E-state index is 0.126. The highest BCUT2D eigenvalue weighted by Gasteiger charge is 2.26. The van der Waals surface area contributed by atoms with E-state index >= 15 is 0 Å². The van der Waals surface area contributed by atoms with Crippen LogP contribution < -0.4 is 5.32 Å². The smallest absolute Gasteiger partial charge is 0.359 e. The second-order valence-electron chi connectivity index (χ2n) is 8.25. The largest absolute Gasteiger partial charge is 0.461 e. The Labute approximate surface area is 183 Å². The summed E-state index contributed by atoms with van der Waals surface area (Å²) in [6, 6.07) is 15.6. The first-order chi connectivity index (χ1) is 14.2. The van der Waals surface area contributed by atoms with E-state index < -0.39 is 5.97 Å². The third-order valence-electron chi connectivity index (χ3n) is 4.64. The molecule has 3 aromatic rings. The van der Waals surface area contributed by atoms with Crippen molar-refractivity contribution in [3.05, 3.63) is 70.4 Å². The fraction of sp³-hybridized carbons (Fsp3) is 0.333. The third-order valence-corrected chi connectivity index (χ3v) is 4.90. The molecule has 6 heteroatoms. The van der Waals surface area contributed by atoms with Crippen LogP contribution in [0.25, 0.3) is 16.9 Å². The van der Waals surface area contributed by atoms with Crippen molar-refractivity contribution in [1.82, 2.24) is 15.1 Å². The molecule has 0 aliphatic carbocycles. The number of rotatable bonds is 6. The summed E-state index contributed by atoms with van der Waals surface area (Å²) in [4.78, 5) is 12.8.